The van der Waals surface area contributed by atoms with E-state index in [0.29, 0.717) is 0 Å². The molecule has 4 amide bonds. The molecule has 0 radical (unpaired) electrons. The lowest BCUT2D eigenvalue weighted by atomic mass is 10.0. The Morgan fingerprint density at radius 2 is 1.67 bits per heavy atom. The van der Waals surface area contributed by atoms with Crippen LogP contribution < -0.4 is 21.7 Å². The molecule has 30 heavy (non-hydrogen) atoms. The average molecular weight is 415 g/mol. The molecule has 0 aliphatic rings. The molecule has 1 aromatic heterocycles. The molecule has 0 saturated heterocycles. The first-order chi connectivity index (χ1) is 14.1. The van der Waals surface area contributed by atoms with Crippen molar-refractivity contribution >= 4 is 34.5 Å². The van der Waals surface area contributed by atoms with Gasteiger partial charge in [-0.05, 0) is 24.5 Å². The second kappa shape index (κ2) is 9.91. The number of benzene rings is 1. The molecule has 2 aromatic rings. The Morgan fingerprint density at radius 3 is 2.27 bits per heavy atom. The van der Waals surface area contributed by atoms with Gasteiger partial charge >= 0.3 is 0 Å². The van der Waals surface area contributed by atoms with E-state index < -0.39 is 35.8 Å². The van der Waals surface area contributed by atoms with E-state index in [1.54, 1.807) is 20.0 Å². The number of para-hydroxylation sites is 1. The number of amides is 4. The predicted octanol–water partition coefficient (Wildman–Crippen LogP) is 0.346. The molecule has 6 N–H and O–H groups in total. The Balaban J connectivity index is 2.10. The standard InChI is InChI=1S/C21H29N5O4/c1-11(2)18(19(22)28)26-20(29)12(3)24-21(30)17(25-13(4)27)9-14-10-23-16-8-6-5-7-15(14)16/h5-8,10-12,17-18,23H,9H2,1-4H3,(H2,22,28)(H,24,30)(H,25,27)(H,26,29)/t12-,17-,18-/m0/s1. The van der Waals surface area contributed by atoms with Crippen LogP contribution in [0.4, 0.5) is 0 Å². The first kappa shape index (κ1) is 22.9. The SMILES string of the molecule is CC(=O)N[C@@H](Cc1c[nH]c2ccccc12)C(=O)N[C@@H](C)C(=O)N[C@H](C(N)=O)C(C)C. The van der Waals surface area contributed by atoms with Crippen LogP contribution in [0.3, 0.4) is 0 Å². The van der Waals surface area contributed by atoms with E-state index in [1.165, 1.54) is 13.8 Å². The predicted molar refractivity (Wildman–Crippen MR) is 113 cm³/mol. The van der Waals surface area contributed by atoms with Crippen LogP contribution in [0.25, 0.3) is 10.9 Å². The number of hydrogen-bond donors (Lipinski definition) is 5. The zero-order valence-corrected chi connectivity index (χ0v) is 17.6. The summed E-state index contributed by atoms with van der Waals surface area (Å²) < 4.78 is 0. The molecule has 0 saturated carbocycles. The van der Waals surface area contributed by atoms with Crippen LogP contribution in [0.5, 0.6) is 0 Å². The summed E-state index contributed by atoms with van der Waals surface area (Å²) >= 11 is 0. The fourth-order valence-corrected chi connectivity index (χ4v) is 3.20. The monoisotopic (exact) mass is 415 g/mol. The highest BCUT2D eigenvalue weighted by Crippen LogP contribution is 2.19. The molecule has 0 spiro atoms. The molecule has 1 heterocycles. The second-order valence-corrected chi connectivity index (χ2v) is 7.68. The summed E-state index contributed by atoms with van der Waals surface area (Å²) in [5.41, 5.74) is 7.11. The van der Waals surface area contributed by atoms with Gasteiger partial charge in [-0.15, -0.1) is 0 Å². The van der Waals surface area contributed by atoms with Crippen LogP contribution in [0.15, 0.2) is 30.5 Å². The molecule has 1 aromatic carbocycles. The van der Waals surface area contributed by atoms with Gasteiger partial charge < -0.3 is 26.7 Å². The summed E-state index contributed by atoms with van der Waals surface area (Å²) in [6.07, 6.45) is 2.04. The summed E-state index contributed by atoms with van der Waals surface area (Å²) in [7, 11) is 0. The number of carbonyl (C=O) groups excluding carboxylic acids is 4. The normalized spacial score (nSPS) is 14.0. The first-order valence-electron chi connectivity index (χ1n) is 9.82. The lowest BCUT2D eigenvalue weighted by Gasteiger charge is -2.23. The van der Waals surface area contributed by atoms with Crippen molar-refractivity contribution in [1.29, 1.82) is 0 Å². The Hall–Kier alpha value is -3.36. The maximum Gasteiger partial charge on any atom is 0.243 e. The number of aromatic amines is 1. The molecule has 0 fully saturated rings. The lowest BCUT2D eigenvalue weighted by Crippen LogP contribution is -2.56. The number of rotatable bonds is 9. The number of nitrogens with two attached hydrogens (primary N) is 1. The van der Waals surface area contributed by atoms with Gasteiger partial charge in [0, 0.05) is 30.4 Å². The number of carbonyl (C=O) groups is 4. The van der Waals surface area contributed by atoms with Gasteiger partial charge in [-0.2, -0.15) is 0 Å². The minimum atomic E-state index is -0.919. The largest absolute Gasteiger partial charge is 0.368 e. The highest BCUT2D eigenvalue weighted by atomic mass is 16.2. The highest BCUT2D eigenvalue weighted by molar-refractivity contribution is 5.94. The highest BCUT2D eigenvalue weighted by Gasteiger charge is 2.28. The molecule has 0 unspecified atom stereocenters. The van der Waals surface area contributed by atoms with E-state index in [-0.39, 0.29) is 18.2 Å². The van der Waals surface area contributed by atoms with E-state index in [0.717, 1.165) is 16.5 Å². The average Bonchev–Trinajstić information content (AvgIpc) is 3.07. The minimum Gasteiger partial charge on any atom is -0.368 e. The van der Waals surface area contributed by atoms with Crippen molar-refractivity contribution in [2.24, 2.45) is 11.7 Å². The Morgan fingerprint density at radius 1 is 1.00 bits per heavy atom. The van der Waals surface area contributed by atoms with Crippen molar-refractivity contribution in [3.8, 4) is 0 Å². The summed E-state index contributed by atoms with van der Waals surface area (Å²) in [6.45, 7) is 6.34. The molecule has 3 atom stereocenters. The first-order valence-corrected chi connectivity index (χ1v) is 9.82. The summed E-state index contributed by atoms with van der Waals surface area (Å²) in [5.74, 6) is -2.23. The molecule has 9 nitrogen and oxygen atoms in total. The minimum absolute atomic E-state index is 0.191. The van der Waals surface area contributed by atoms with Crippen molar-refractivity contribution in [1.82, 2.24) is 20.9 Å². The van der Waals surface area contributed by atoms with Crippen molar-refractivity contribution in [2.75, 3.05) is 0 Å². The van der Waals surface area contributed by atoms with E-state index >= 15 is 0 Å². The third-order valence-corrected chi connectivity index (χ3v) is 4.82. The fourth-order valence-electron chi connectivity index (χ4n) is 3.20. The summed E-state index contributed by atoms with van der Waals surface area (Å²) in [6, 6.07) is 5.01. The zero-order chi connectivity index (χ0) is 22.4. The Kier molecular flexibility index (Phi) is 7.57. The van der Waals surface area contributed by atoms with Gasteiger partial charge in [0.25, 0.3) is 0 Å². The van der Waals surface area contributed by atoms with E-state index in [4.69, 9.17) is 5.73 Å². The third kappa shape index (κ3) is 5.82. The van der Waals surface area contributed by atoms with Crippen molar-refractivity contribution in [3.63, 3.8) is 0 Å². The fraction of sp³-hybridized carbons (Fsp3) is 0.429. The van der Waals surface area contributed by atoms with Gasteiger partial charge in [-0.1, -0.05) is 32.0 Å². The van der Waals surface area contributed by atoms with Crippen LogP contribution in [0, 0.1) is 5.92 Å². The molecule has 0 bridgehead atoms. The van der Waals surface area contributed by atoms with Crippen LogP contribution in [-0.4, -0.2) is 46.7 Å². The molecule has 2 rings (SSSR count). The van der Waals surface area contributed by atoms with E-state index in [2.05, 4.69) is 20.9 Å². The van der Waals surface area contributed by atoms with E-state index in [9.17, 15) is 19.2 Å². The number of nitrogens with one attached hydrogen (secondary N) is 4. The number of aromatic nitrogens is 1. The topological polar surface area (TPSA) is 146 Å². The Bertz CT molecular complexity index is 936. The van der Waals surface area contributed by atoms with Gasteiger partial charge in [0.2, 0.25) is 23.6 Å². The maximum atomic E-state index is 12.8. The molecule has 162 valence electrons. The molecule has 0 aliphatic heterocycles. The van der Waals surface area contributed by atoms with Gasteiger partial charge in [-0.3, -0.25) is 19.2 Å². The van der Waals surface area contributed by atoms with Gasteiger partial charge in [0.05, 0.1) is 0 Å². The Labute approximate surface area is 175 Å². The van der Waals surface area contributed by atoms with Crippen LogP contribution in [-0.2, 0) is 25.6 Å². The number of hydrogen-bond acceptors (Lipinski definition) is 4. The van der Waals surface area contributed by atoms with Crippen LogP contribution in [0.2, 0.25) is 0 Å². The van der Waals surface area contributed by atoms with Gasteiger partial charge in [0.1, 0.15) is 18.1 Å². The lowest BCUT2D eigenvalue weighted by molar-refractivity contribution is -0.133. The summed E-state index contributed by atoms with van der Waals surface area (Å²) in [4.78, 5) is 51.5. The summed E-state index contributed by atoms with van der Waals surface area (Å²) in [5, 5.41) is 8.74. The number of primary amides is 1. The van der Waals surface area contributed by atoms with Crippen molar-refractivity contribution in [2.45, 2.75) is 52.2 Å². The van der Waals surface area contributed by atoms with Gasteiger partial charge in [0.15, 0.2) is 0 Å². The van der Waals surface area contributed by atoms with Crippen LogP contribution in [0.1, 0.15) is 33.3 Å². The second-order valence-electron chi connectivity index (χ2n) is 7.68. The van der Waals surface area contributed by atoms with E-state index in [1.807, 2.05) is 24.3 Å². The molecule has 9 heteroatoms. The third-order valence-electron chi connectivity index (χ3n) is 4.82. The number of H-pyrrole nitrogens is 1. The molecule has 0 aliphatic carbocycles. The quantitative estimate of drug-likeness (QED) is 0.402. The zero-order valence-electron chi connectivity index (χ0n) is 17.6. The number of fused-ring (bicyclic) bond motifs is 1. The van der Waals surface area contributed by atoms with Gasteiger partial charge in [-0.25, -0.2) is 0 Å². The van der Waals surface area contributed by atoms with Crippen molar-refractivity contribution < 1.29 is 19.2 Å². The molecular weight excluding hydrogens is 386 g/mol. The maximum absolute atomic E-state index is 12.8. The van der Waals surface area contributed by atoms with Crippen molar-refractivity contribution in [3.05, 3.63) is 36.0 Å². The smallest absolute Gasteiger partial charge is 0.243 e. The molecular formula is C21H29N5O4. The van der Waals surface area contributed by atoms with Crippen LogP contribution >= 0.6 is 0 Å².